The third kappa shape index (κ3) is 3.29. The molecular weight excluding hydrogens is 304 g/mol. The van der Waals surface area contributed by atoms with Gasteiger partial charge in [0.05, 0.1) is 19.8 Å². The maximum Gasteiger partial charge on any atom is 0.145 e. The number of hydrogen-bond acceptors (Lipinski definition) is 4. The van der Waals surface area contributed by atoms with Crippen LogP contribution in [-0.2, 0) is 15.9 Å². The second-order valence-electron chi connectivity index (χ2n) is 6.83. The second-order valence-corrected chi connectivity index (χ2v) is 6.83. The minimum Gasteiger partial charge on any atom is -0.486 e. The first-order valence-electron chi connectivity index (χ1n) is 8.91. The van der Waals surface area contributed by atoms with Gasteiger partial charge < -0.3 is 19.2 Å². The molecule has 4 rings (SSSR count). The number of methoxy groups -OCH3 is 1. The zero-order valence-electron chi connectivity index (χ0n) is 14.3. The minimum absolute atomic E-state index is 0.212. The molecule has 0 spiro atoms. The summed E-state index contributed by atoms with van der Waals surface area (Å²) in [5.41, 5.74) is 2.57. The Morgan fingerprint density at radius 1 is 1.33 bits per heavy atom. The van der Waals surface area contributed by atoms with E-state index in [0.29, 0.717) is 19.3 Å². The molecule has 1 aromatic carbocycles. The number of H-pyrrole nitrogens is 1. The van der Waals surface area contributed by atoms with Crippen molar-refractivity contribution in [2.24, 2.45) is 0 Å². The number of likely N-dealkylation sites (tertiary alicyclic amines) is 1. The van der Waals surface area contributed by atoms with E-state index in [1.54, 1.807) is 7.11 Å². The quantitative estimate of drug-likeness (QED) is 0.848. The zero-order valence-corrected chi connectivity index (χ0v) is 14.3. The Labute approximate surface area is 142 Å². The van der Waals surface area contributed by atoms with Crippen molar-refractivity contribution < 1.29 is 14.2 Å². The van der Waals surface area contributed by atoms with E-state index in [0.717, 1.165) is 25.3 Å². The Kier molecular flexibility index (Phi) is 4.74. The highest BCUT2D eigenvalue weighted by Crippen LogP contribution is 2.28. The standard InChI is InChI=1S/C19H26N2O3/c1-22-8-7-21-6-2-3-15(21)9-14-11-20-19-5-4-16(10-18(14)19)24-17-12-23-13-17/h4-5,10-11,15,17,20H,2-3,6-9,12-13H2,1H3. The van der Waals surface area contributed by atoms with Crippen molar-refractivity contribution in [3.8, 4) is 5.75 Å². The van der Waals surface area contributed by atoms with Crippen LogP contribution in [0.1, 0.15) is 18.4 Å². The van der Waals surface area contributed by atoms with Gasteiger partial charge in [0.15, 0.2) is 0 Å². The number of rotatable bonds is 7. The third-order valence-corrected chi connectivity index (χ3v) is 5.19. The van der Waals surface area contributed by atoms with Gasteiger partial charge in [-0.25, -0.2) is 0 Å². The number of fused-ring (bicyclic) bond motifs is 1. The molecule has 1 aromatic heterocycles. The molecule has 0 saturated carbocycles. The number of hydrogen-bond donors (Lipinski definition) is 1. The molecule has 5 nitrogen and oxygen atoms in total. The first kappa shape index (κ1) is 15.9. The lowest BCUT2D eigenvalue weighted by Crippen LogP contribution is -2.38. The van der Waals surface area contributed by atoms with Gasteiger partial charge in [-0.3, -0.25) is 4.90 Å². The molecule has 2 aliphatic heterocycles. The van der Waals surface area contributed by atoms with E-state index >= 15 is 0 Å². The summed E-state index contributed by atoms with van der Waals surface area (Å²) in [5.74, 6) is 0.944. The van der Waals surface area contributed by atoms with Gasteiger partial charge in [0.1, 0.15) is 11.9 Å². The fraction of sp³-hybridized carbons (Fsp3) is 0.579. The molecule has 0 amide bonds. The van der Waals surface area contributed by atoms with E-state index in [-0.39, 0.29) is 6.10 Å². The number of aromatic nitrogens is 1. The van der Waals surface area contributed by atoms with Crippen LogP contribution >= 0.6 is 0 Å². The Balaban J connectivity index is 1.49. The molecular formula is C19H26N2O3. The van der Waals surface area contributed by atoms with E-state index in [9.17, 15) is 0 Å². The van der Waals surface area contributed by atoms with Crippen molar-refractivity contribution >= 4 is 10.9 Å². The van der Waals surface area contributed by atoms with Crippen LogP contribution in [0.15, 0.2) is 24.4 Å². The van der Waals surface area contributed by atoms with Crippen molar-refractivity contribution in [1.82, 2.24) is 9.88 Å². The van der Waals surface area contributed by atoms with Crippen LogP contribution in [0, 0.1) is 0 Å². The summed E-state index contributed by atoms with van der Waals surface area (Å²) < 4.78 is 16.4. The van der Waals surface area contributed by atoms with Gasteiger partial charge in [0.2, 0.25) is 0 Å². The highest BCUT2D eigenvalue weighted by atomic mass is 16.6. The minimum atomic E-state index is 0.212. The molecule has 5 heteroatoms. The Bertz CT molecular complexity index is 680. The van der Waals surface area contributed by atoms with E-state index in [2.05, 4.69) is 28.2 Å². The topological polar surface area (TPSA) is 46.7 Å². The molecule has 24 heavy (non-hydrogen) atoms. The molecule has 1 atom stereocenters. The van der Waals surface area contributed by atoms with E-state index in [4.69, 9.17) is 14.2 Å². The van der Waals surface area contributed by atoms with Gasteiger partial charge >= 0.3 is 0 Å². The predicted octanol–water partition coefficient (Wildman–Crippen LogP) is 2.60. The second kappa shape index (κ2) is 7.13. The Morgan fingerprint density at radius 3 is 3.04 bits per heavy atom. The van der Waals surface area contributed by atoms with Crippen molar-refractivity contribution in [3.05, 3.63) is 30.0 Å². The van der Waals surface area contributed by atoms with Crippen molar-refractivity contribution in [2.45, 2.75) is 31.4 Å². The van der Waals surface area contributed by atoms with Crippen LogP contribution in [-0.4, -0.2) is 62.0 Å². The van der Waals surface area contributed by atoms with Gasteiger partial charge in [0.25, 0.3) is 0 Å². The summed E-state index contributed by atoms with van der Waals surface area (Å²) >= 11 is 0. The highest BCUT2D eigenvalue weighted by molar-refractivity contribution is 5.84. The van der Waals surface area contributed by atoms with Crippen molar-refractivity contribution in [2.75, 3.05) is 40.0 Å². The maximum atomic E-state index is 5.96. The lowest BCUT2D eigenvalue weighted by Gasteiger charge is -2.26. The third-order valence-electron chi connectivity index (χ3n) is 5.19. The summed E-state index contributed by atoms with van der Waals surface area (Å²) in [6, 6.07) is 6.95. The first-order valence-corrected chi connectivity index (χ1v) is 8.91. The largest absolute Gasteiger partial charge is 0.486 e. The summed E-state index contributed by atoms with van der Waals surface area (Å²) in [5, 5.41) is 1.28. The van der Waals surface area contributed by atoms with Crippen LogP contribution in [0.2, 0.25) is 0 Å². The summed E-state index contributed by atoms with van der Waals surface area (Å²) in [7, 11) is 1.78. The lowest BCUT2D eigenvalue weighted by molar-refractivity contribution is -0.0796. The van der Waals surface area contributed by atoms with Crippen LogP contribution in [0.4, 0.5) is 0 Å². The normalized spacial score (nSPS) is 22.1. The predicted molar refractivity (Wildman–Crippen MR) is 93.7 cm³/mol. The van der Waals surface area contributed by atoms with Crippen molar-refractivity contribution in [1.29, 1.82) is 0 Å². The van der Waals surface area contributed by atoms with Gasteiger partial charge in [0, 0.05) is 36.8 Å². The molecule has 0 bridgehead atoms. The number of nitrogens with zero attached hydrogens (tertiary/aromatic N) is 1. The number of ether oxygens (including phenoxy) is 3. The van der Waals surface area contributed by atoms with Gasteiger partial charge in [-0.05, 0) is 49.6 Å². The number of nitrogens with one attached hydrogen (secondary N) is 1. The van der Waals surface area contributed by atoms with E-state index < -0.39 is 0 Å². The molecule has 0 radical (unpaired) electrons. The molecule has 2 aromatic rings. The van der Waals surface area contributed by atoms with Gasteiger partial charge in [-0.15, -0.1) is 0 Å². The smallest absolute Gasteiger partial charge is 0.145 e. The van der Waals surface area contributed by atoms with Crippen LogP contribution in [0.3, 0.4) is 0 Å². The molecule has 3 heterocycles. The van der Waals surface area contributed by atoms with E-state index in [1.807, 2.05) is 6.07 Å². The van der Waals surface area contributed by atoms with E-state index in [1.165, 1.54) is 35.9 Å². The molecule has 2 fully saturated rings. The number of benzene rings is 1. The monoisotopic (exact) mass is 330 g/mol. The van der Waals surface area contributed by atoms with Crippen LogP contribution in [0.25, 0.3) is 10.9 Å². The average Bonchev–Trinajstić information content (AvgIpc) is 3.16. The Hall–Kier alpha value is -1.56. The SMILES string of the molecule is COCCN1CCCC1Cc1c[nH]c2ccc(OC3COC3)cc12. The number of aromatic amines is 1. The fourth-order valence-electron chi connectivity index (χ4n) is 3.76. The molecule has 2 saturated heterocycles. The first-order chi connectivity index (χ1) is 11.8. The summed E-state index contributed by atoms with van der Waals surface area (Å²) in [6.07, 6.45) is 6.01. The van der Waals surface area contributed by atoms with Gasteiger partial charge in [-0.1, -0.05) is 0 Å². The lowest BCUT2D eigenvalue weighted by atomic mass is 10.0. The Morgan fingerprint density at radius 2 is 2.25 bits per heavy atom. The van der Waals surface area contributed by atoms with Crippen LogP contribution in [0.5, 0.6) is 5.75 Å². The summed E-state index contributed by atoms with van der Waals surface area (Å²) in [6.45, 7) is 4.43. The molecule has 0 aliphatic carbocycles. The zero-order chi connectivity index (χ0) is 16.4. The van der Waals surface area contributed by atoms with Crippen molar-refractivity contribution in [3.63, 3.8) is 0 Å². The molecule has 1 unspecified atom stereocenters. The summed E-state index contributed by atoms with van der Waals surface area (Å²) in [4.78, 5) is 5.97. The molecule has 1 N–H and O–H groups in total. The maximum absolute atomic E-state index is 5.96. The molecule has 2 aliphatic rings. The average molecular weight is 330 g/mol. The van der Waals surface area contributed by atoms with Gasteiger partial charge in [-0.2, -0.15) is 0 Å². The highest BCUT2D eigenvalue weighted by Gasteiger charge is 2.25. The fourth-order valence-corrected chi connectivity index (χ4v) is 3.76. The molecule has 130 valence electrons. The van der Waals surface area contributed by atoms with Crippen LogP contribution < -0.4 is 4.74 Å².